The molecule has 1 heterocycles. The monoisotopic (exact) mass is 370 g/mol. The summed E-state index contributed by atoms with van der Waals surface area (Å²) in [5, 5.41) is 13.2. The number of hydrogen-bond donors (Lipinski definition) is 1. The number of benzene rings is 1. The van der Waals surface area contributed by atoms with Crippen LogP contribution in [0.5, 0.6) is 0 Å². The molecule has 1 aromatic carbocycles. The summed E-state index contributed by atoms with van der Waals surface area (Å²) < 4.78 is 15.9. The van der Waals surface area contributed by atoms with E-state index in [4.69, 9.17) is 11.6 Å². The molecule has 0 amide bonds. The SMILES string of the molecule is CSc1nnc(CCCNCc2c(F)cccc2Cl)n1CC(C)C. The highest BCUT2D eigenvalue weighted by Gasteiger charge is 2.12. The zero-order valence-electron chi connectivity index (χ0n) is 14.4. The van der Waals surface area contributed by atoms with Crippen molar-refractivity contribution in [2.45, 2.75) is 44.9 Å². The van der Waals surface area contributed by atoms with Crippen molar-refractivity contribution in [2.24, 2.45) is 5.92 Å². The van der Waals surface area contributed by atoms with Gasteiger partial charge in [-0.2, -0.15) is 0 Å². The van der Waals surface area contributed by atoms with E-state index in [0.29, 0.717) is 23.0 Å². The molecule has 1 N–H and O–H groups in total. The molecule has 0 saturated carbocycles. The van der Waals surface area contributed by atoms with Gasteiger partial charge in [0, 0.05) is 30.1 Å². The number of rotatable bonds is 9. The molecule has 0 spiro atoms. The van der Waals surface area contributed by atoms with Gasteiger partial charge in [0.1, 0.15) is 11.6 Å². The van der Waals surface area contributed by atoms with Gasteiger partial charge in [0.25, 0.3) is 0 Å². The number of hydrogen-bond acceptors (Lipinski definition) is 4. The van der Waals surface area contributed by atoms with Crippen molar-refractivity contribution in [3.05, 3.63) is 40.4 Å². The van der Waals surface area contributed by atoms with Crippen molar-refractivity contribution >= 4 is 23.4 Å². The van der Waals surface area contributed by atoms with Gasteiger partial charge in [-0.25, -0.2) is 4.39 Å². The van der Waals surface area contributed by atoms with Crippen LogP contribution in [0.2, 0.25) is 5.02 Å². The maximum Gasteiger partial charge on any atom is 0.190 e. The second-order valence-corrected chi connectivity index (χ2v) is 7.27. The third-order valence-electron chi connectivity index (χ3n) is 3.64. The van der Waals surface area contributed by atoms with Gasteiger partial charge in [0.05, 0.1) is 0 Å². The van der Waals surface area contributed by atoms with Crippen LogP contribution in [-0.2, 0) is 19.5 Å². The molecule has 4 nitrogen and oxygen atoms in total. The minimum absolute atomic E-state index is 0.267. The van der Waals surface area contributed by atoms with E-state index in [-0.39, 0.29) is 5.82 Å². The summed E-state index contributed by atoms with van der Waals surface area (Å²) in [5.74, 6) is 1.29. The normalized spacial score (nSPS) is 11.4. The molecular weight excluding hydrogens is 347 g/mol. The summed E-state index contributed by atoms with van der Waals surface area (Å²) >= 11 is 7.64. The fourth-order valence-electron chi connectivity index (χ4n) is 2.49. The van der Waals surface area contributed by atoms with Gasteiger partial charge in [0.15, 0.2) is 5.16 Å². The molecule has 0 aliphatic heterocycles. The Morgan fingerprint density at radius 3 is 2.79 bits per heavy atom. The summed E-state index contributed by atoms with van der Waals surface area (Å²) in [4.78, 5) is 0. The van der Waals surface area contributed by atoms with Crippen molar-refractivity contribution in [3.63, 3.8) is 0 Å². The third kappa shape index (κ3) is 5.19. The zero-order valence-corrected chi connectivity index (χ0v) is 15.9. The van der Waals surface area contributed by atoms with Gasteiger partial charge in [-0.05, 0) is 37.3 Å². The Morgan fingerprint density at radius 2 is 2.12 bits per heavy atom. The van der Waals surface area contributed by atoms with Gasteiger partial charge >= 0.3 is 0 Å². The Bertz CT molecular complexity index is 640. The van der Waals surface area contributed by atoms with Crippen LogP contribution in [0.15, 0.2) is 23.4 Å². The fourth-order valence-corrected chi connectivity index (χ4v) is 3.24. The maximum absolute atomic E-state index is 13.7. The Hall–Kier alpha value is -1.11. The Morgan fingerprint density at radius 1 is 1.33 bits per heavy atom. The average molecular weight is 371 g/mol. The minimum atomic E-state index is -0.267. The number of aryl methyl sites for hydroxylation is 1. The second kappa shape index (κ2) is 9.39. The smallest absolute Gasteiger partial charge is 0.190 e. The van der Waals surface area contributed by atoms with E-state index in [2.05, 4.69) is 33.9 Å². The largest absolute Gasteiger partial charge is 0.312 e. The summed E-state index contributed by atoms with van der Waals surface area (Å²) in [7, 11) is 0. The quantitative estimate of drug-likeness (QED) is 0.531. The second-order valence-electron chi connectivity index (χ2n) is 6.09. The molecule has 132 valence electrons. The molecule has 0 aliphatic rings. The van der Waals surface area contributed by atoms with E-state index in [1.807, 2.05) is 6.26 Å². The lowest BCUT2D eigenvalue weighted by Crippen LogP contribution is -2.17. The van der Waals surface area contributed by atoms with Crippen LogP contribution in [0.25, 0.3) is 0 Å². The van der Waals surface area contributed by atoms with Crippen LogP contribution in [0, 0.1) is 11.7 Å². The number of nitrogens with zero attached hydrogens (tertiary/aromatic N) is 3. The topological polar surface area (TPSA) is 42.7 Å². The van der Waals surface area contributed by atoms with E-state index >= 15 is 0 Å². The van der Waals surface area contributed by atoms with Gasteiger partial charge in [-0.15, -0.1) is 10.2 Å². The Balaban J connectivity index is 1.83. The standard InChI is InChI=1S/C17H24ClFN4S/c1-12(2)11-23-16(21-22-17(23)24-3)8-5-9-20-10-13-14(18)6-4-7-15(13)19/h4,6-7,12,20H,5,8-11H2,1-3H3. The van der Waals surface area contributed by atoms with E-state index in [1.165, 1.54) is 6.07 Å². The molecule has 0 fully saturated rings. The highest BCUT2D eigenvalue weighted by atomic mass is 35.5. The Kier molecular flexibility index (Phi) is 7.52. The molecule has 0 bridgehead atoms. The predicted octanol–water partition coefficient (Wildman–Crippen LogP) is 4.17. The average Bonchev–Trinajstić information content (AvgIpc) is 2.91. The van der Waals surface area contributed by atoms with Crippen molar-refractivity contribution in [3.8, 4) is 0 Å². The molecule has 0 unspecified atom stereocenters. The van der Waals surface area contributed by atoms with E-state index < -0.39 is 0 Å². The van der Waals surface area contributed by atoms with E-state index in [1.54, 1.807) is 23.9 Å². The first kappa shape index (κ1) is 19.2. The number of thioether (sulfide) groups is 1. The molecule has 2 aromatic rings. The maximum atomic E-state index is 13.7. The molecular formula is C17H24ClFN4S. The van der Waals surface area contributed by atoms with Crippen LogP contribution >= 0.6 is 23.4 Å². The van der Waals surface area contributed by atoms with Crippen LogP contribution in [-0.4, -0.2) is 27.6 Å². The van der Waals surface area contributed by atoms with Gasteiger partial charge < -0.3 is 9.88 Å². The molecule has 2 rings (SSSR count). The Labute approximate surface area is 152 Å². The lowest BCUT2D eigenvalue weighted by atomic mass is 10.2. The number of nitrogens with one attached hydrogen (secondary N) is 1. The van der Waals surface area contributed by atoms with Crippen LogP contribution in [0.4, 0.5) is 4.39 Å². The van der Waals surface area contributed by atoms with Crippen molar-refractivity contribution in [1.29, 1.82) is 0 Å². The highest BCUT2D eigenvalue weighted by molar-refractivity contribution is 7.98. The number of halogens is 2. The highest BCUT2D eigenvalue weighted by Crippen LogP contribution is 2.19. The first-order valence-corrected chi connectivity index (χ1v) is 9.72. The molecule has 0 saturated heterocycles. The van der Waals surface area contributed by atoms with Gasteiger partial charge in [0.2, 0.25) is 0 Å². The predicted molar refractivity (Wildman–Crippen MR) is 98.1 cm³/mol. The van der Waals surface area contributed by atoms with Crippen LogP contribution in [0.1, 0.15) is 31.7 Å². The first-order chi connectivity index (χ1) is 11.5. The van der Waals surface area contributed by atoms with E-state index in [9.17, 15) is 4.39 Å². The summed E-state index contributed by atoms with van der Waals surface area (Å²) in [6, 6.07) is 4.76. The van der Waals surface area contributed by atoms with E-state index in [0.717, 1.165) is 36.9 Å². The summed E-state index contributed by atoms with van der Waals surface area (Å²) in [6.07, 6.45) is 3.78. The van der Waals surface area contributed by atoms with Crippen LogP contribution in [0.3, 0.4) is 0 Å². The van der Waals surface area contributed by atoms with Crippen molar-refractivity contribution < 1.29 is 4.39 Å². The van der Waals surface area contributed by atoms with Crippen molar-refractivity contribution in [2.75, 3.05) is 12.8 Å². The number of aromatic nitrogens is 3. The molecule has 0 atom stereocenters. The molecule has 0 radical (unpaired) electrons. The lowest BCUT2D eigenvalue weighted by Gasteiger charge is -2.12. The summed E-state index contributed by atoms with van der Waals surface area (Å²) in [5.41, 5.74) is 0.520. The molecule has 1 aromatic heterocycles. The third-order valence-corrected chi connectivity index (χ3v) is 4.66. The zero-order chi connectivity index (χ0) is 17.5. The van der Waals surface area contributed by atoms with Gasteiger partial charge in [-0.3, -0.25) is 0 Å². The minimum Gasteiger partial charge on any atom is -0.312 e. The van der Waals surface area contributed by atoms with Gasteiger partial charge in [-0.1, -0.05) is 43.3 Å². The van der Waals surface area contributed by atoms with Crippen molar-refractivity contribution in [1.82, 2.24) is 20.1 Å². The first-order valence-electron chi connectivity index (χ1n) is 8.12. The molecule has 7 heteroatoms. The van der Waals surface area contributed by atoms with Crippen LogP contribution < -0.4 is 5.32 Å². The summed E-state index contributed by atoms with van der Waals surface area (Å²) in [6.45, 7) is 6.51. The fraction of sp³-hybridized carbons (Fsp3) is 0.529. The lowest BCUT2D eigenvalue weighted by molar-refractivity contribution is 0.475. The molecule has 0 aliphatic carbocycles. The molecule has 24 heavy (non-hydrogen) atoms.